The lowest BCUT2D eigenvalue weighted by Crippen LogP contribution is -2.17. The van der Waals surface area contributed by atoms with Gasteiger partial charge in [-0.2, -0.15) is 0 Å². The predicted octanol–water partition coefficient (Wildman–Crippen LogP) is 4.78. The van der Waals surface area contributed by atoms with Crippen molar-refractivity contribution in [1.29, 1.82) is 0 Å². The smallest absolute Gasteiger partial charge is 0.341 e. The van der Waals surface area contributed by atoms with Crippen LogP contribution < -0.4 is 15.8 Å². The summed E-state index contributed by atoms with van der Waals surface area (Å²) in [7, 11) is 0. The van der Waals surface area contributed by atoms with Gasteiger partial charge in [-0.25, -0.2) is 4.79 Å². The first kappa shape index (κ1) is 28.5. The molecule has 1 aromatic carbocycles. The first-order valence-corrected chi connectivity index (χ1v) is 13.6. The number of nitrogens with zero attached hydrogens (tertiary/aromatic N) is 3. The number of rotatable bonds is 11. The third kappa shape index (κ3) is 6.62. The van der Waals surface area contributed by atoms with E-state index in [9.17, 15) is 14.4 Å². The quantitative estimate of drug-likeness (QED) is 0.250. The van der Waals surface area contributed by atoms with Crippen molar-refractivity contribution >= 4 is 57.5 Å². The monoisotopic (exact) mass is 565 g/mol. The van der Waals surface area contributed by atoms with Crippen molar-refractivity contribution in [3.63, 3.8) is 0 Å². The Kier molecular flexibility index (Phi) is 9.57. The molecule has 0 aliphatic carbocycles. The van der Waals surface area contributed by atoms with Crippen LogP contribution in [0.4, 0.5) is 5.00 Å². The van der Waals surface area contributed by atoms with Gasteiger partial charge in [0.2, 0.25) is 5.91 Å². The molecule has 198 valence electrons. The maximum Gasteiger partial charge on any atom is 0.341 e. The summed E-state index contributed by atoms with van der Waals surface area (Å²) >= 11 is 8.39. The molecule has 3 rings (SSSR count). The number of hydrogen-bond acceptors (Lipinski definition) is 9. The van der Waals surface area contributed by atoms with Crippen molar-refractivity contribution in [2.45, 2.75) is 52.4 Å². The predicted molar refractivity (Wildman–Crippen MR) is 144 cm³/mol. The van der Waals surface area contributed by atoms with Crippen LogP contribution in [0.3, 0.4) is 0 Å². The van der Waals surface area contributed by atoms with Crippen molar-refractivity contribution in [1.82, 2.24) is 14.8 Å². The molecule has 2 heterocycles. The molecule has 2 amide bonds. The highest BCUT2D eigenvalue weighted by Crippen LogP contribution is 2.34. The number of halogens is 1. The number of aryl methyl sites for hydroxylation is 1. The second kappa shape index (κ2) is 12.4. The molecule has 1 atom stereocenters. The van der Waals surface area contributed by atoms with E-state index < -0.39 is 23.9 Å². The Bertz CT molecular complexity index is 1320. The number of amides is 2. The number of aromatic nitrogens is 3. The number of esters is 1. The van der Waals surface area contributed by atoms with Gasteiger partial charge in [-0.1, -0.05) is 29.4 Å². The first-order valence-electron chi connectivity index (χ1n) is 11.5. The van der Waals surface area contributed by atoms with Crippen LogP contribution in [0.15, 0.2) is 23.4 Å². The standard InChI is InChI=1S/C24H28ClN5O5S2/c1-6-30-21(14(5)35-16-10-12(3)8-9-15(16)25)28-29-24(30)36-11-17(31)27-22-18(23(33)34-7-2)13(4)19(37-22)20(26)32/h8-10,14H,6-7,11H2,1-5H3,(H2,26,32)(H,27,31). The van der Waals surface area contributed by atoms with E-state index in [0.29, 0.717) is 33.9 Å². The van der Waals surface area contributed by atoms with Crippen LogP contribution in [0.25, 0.3) is 0 Å². The average Bonchev–Trinajstić information content (AvgIpc) is 3.40. The number of primary amides is 1. The van der Waals surface area contributed by atoms with Gasteiger partial charge in [-0.05, 0) is 57.9 Å². The van der Waals surface area contributed by atoms with E-state index >= 15 is 0 Å². The number of hydrogen-bond donors (Lipinski definition) is 2. The Morgan fingerprint density at radius 1 is 1.24 bits per heavy atom. The highest BCUT2D eigenvalue weighted by molar-refractivity contribution is 7.99. The van der Waals surface area contributed by atoms with Gasteiger partial charge in [0.15, 0.2) is 17.1 Å². The Hall–Kier alpha value is -3.09. The minimum Gasteiger partial charge on any atom is -0.481 e. The van der Waals surface area contributed by atoms with Gasteiger partial charge < -0.3 is 25.1 Å². The number of ether oxygens (including phenoxy) is 2. The molecule has 0 saturated carbocycles. The maximum absolute atomic E-state index is 12.8. The summed E-state index contributed by atoms with van der Waals surface area (Å²) in [4.78, 5) is 37.2. The van der Waals surface area contributed by atoms with E-state index in [2.05, 4.69) is 15.5 Å². The van der Waals surface area contributed by atoms with Crippen LogP contribution >= 0.6 is 34.7 Å². The third-order valence-corrected chi connectivity index (χ3v) is 7.75. The largest absolute Gasteiger partial charge is 0.481 e. The number of benzene rings is 1. The zero-order chi connectivity index (χ0) is 27.3. The Labute approximate surface area is 227 Å². The minimum absolute atomic E-state index is 0.0117. The molecule has 13 heteroatoms. The van der Waals surface area contributed by atoms with Gasteiger partial charge >= 0.3 is 5.97 Å². The Morgan fingerprint density at radius 3 is 2.62 bits per heavy atom. The van der Waals surface area contributed by atoms with Crippen LogP contribution in [0, 0.1) is 13.8 Å². The SMILES string of the molecule is CCOC(=O)c1c(NC(=O)CSc2nnc(C(C)Oc3cc(C)ccc3Cl)n2CC)sc(C(N)=O)c1C. The number of thiophene rings is 1. The number of nitrogens with two attached hydrogens (primary N) is 1. The fraction of sp³-hybridized carbons (Fsp3) is 0.375. The molecule has 3 aromatic rings. The molecule has 0 saturated heterocycles. The molecule has 10 nitrogen and oxygen atoms in total. The molecule has 0 spiro atoms. The van der Waals surface area contributed by atoms with Crippen LogP contribution in [0.2, 0.25) is 5.02 Å². The van der Waals surface area contributed by atoms with Gasteiger partial charge in [0.1, 0.15) is 10.8 Å². The molecule has 2 aromatic heterocycles. The number of carbonyl (C=O) groups is 3. The zero-order valence-electron chi connectivity index (χ0n) is 21.1. The van der Waals surface area contributed by atoms with Gasteiger partial charge in [0.25, 0.3) is 5.91 Å². The number of carbonyl (C=O) groups excluding carboxylic acids is 3. The highest BCUT2D eigenvalue weighted by atomic mass is 35.5. The number of anilines is 1. The average molecular weight is 566 g/mol. The van der Waals surface area contributed by atoms with Gasteiger partial charge in [-0.3, -0.25) is 9.59 Å². The normalized spacial score (nSPS) is 11.7. The van der Waals surface area contributed by atoms with E-state index in [-0.39, 0.29) is 27.8 Å². The fourth-order valence-corrected chi connectivity index (χ4v) is 5.56. The lowest BCUT2D eigenvalue weighted by Gasteiger charge is -2.16. The van der Waals surface area contributed by atoms with Crippen LogP contribution in [-0.2, 0) is 16.1 Å². The topological polar surface area (TPSA) is 138 Å². The van der Waals surface area contributed by atoms with Crippen molar-refractivity contribution in [3.05, 3.63) is 50.6 Å². The lowest BCUT2D eigenvalue weighted by atomic mass is 10.1. The molecule has 37 heavy (non-hydrogen) atoms. The minimum atomic E-state index is -0.685. The second-order valence-electron chi connectivity index (χ2n) is 7.96. The van der Waals surface area contributed by atoms with Gasteiger partial charge in [0, 0.05) is 6.54 Å². The van der Waals surface area contributed by atoms with Gasteiger partial charge in [0.05, 0.1) is 27.8 Å². The second-order valence-corrected chi connectivity index (χ2v) is 10.3. The third-order valence-electron chi connectivity index (χ3n) is 5.25. The van der Waals surface area contributed by atoms with Crippen LogP contribution in [0.1, 0.15) is 63.9 Å². The molecule has 1 unspecified atom stereocenters. The van der Waals surface area contributed by atoms with Crippen molar-refractivity contribution in [2.75, 3.05) is 17.7 Å². The summed E-state index contributed by atoms with van der Waals surface area (Å²) < 4.78 is 13.0. The first-order chi connectivity index (χ1) is 17.6. The molecule has 0 aliphatic rings. The fourth-order valence-electron chi connectivity index (χ4n) is 3.53. The van der Waals surface area contributed by atoms with Crippen molar-refractivity contribution < 1.29 is 23.9 Å². The molecular formula is C24H28ClN5O5S2. The van der Waals surface area contributed by atoms with Crippen molar-refractivity contribution in [3.8, 4) is 5.75 Å². The maximum atomic E-state index is 12.8. The Balaban J connectivity index is 1.73. The summed E-state index contributed by atoms with van der Waals surface area (Å²) in [6.45, 7) is 9.70. The zero-order valence-corrected chi connectivity index (χ0v) is 23.5. The molecule has 0 fully saturated rings. The van der Waals surface area contributed by atoms with Crippen LogP contribution in [0.5, 0.6) is 5.75 Å². The molecule has 0 aliphatic heterocycles. The molecule has 0 radical (unpaired) electrons. The highest BCUT2D eigenvalue weighted by Gasteiger charge is 2.26. The number of thioether (sulfide) groups is 1. The van der Waals surface area contributed by atoms with E-state index in [4.69, 9.17) is 26.8 Å². The summed E-state index contributed by atoms with van der Waals surface area (Å²) in [5, 5.41) is 12.4. The summed E-state index contributed by atoms with van der Waals surface area (Å²) in [6, 6.07) is 5.53. The summed E-state index contributed by atoms with van der Waals surface area (Å²) in [5.41, 5.74) is 6.94. The van der Waals surface area contributed by atoms with E-state index in [1.807, 2.05) is 37.5 Å². The van der Waals surface area contributed by atoms with E-state index in [1.54, 1.807) is 19.9 Å². The van der Waals surface area contributed by atoms with E-state index in [1.165, 1.54) is 11.8 Å². The number of nitrogens with one attached hydrogen (secondary N) is 1. The summed E-state index contributed by atoms with van der Waals surface area (Å²) in [5.74, 6) is -0.585. The lowest BCUT2D eigenvalue weighted by molar-refractivity contribution is -0.113. The Morgan fingerprint density at radius 2 is 1.97 bits per heavy atom. The van der Waals surface area contributed by atoms with Crippen LogP contribution in [-0.4, -0.2) is 44.9 Å². The molecular weight excluding hydrogens is 538 g/mol. The van der Waals surface area contributed by atoms with E-state index in [0.717, 1.165) is 16.9 Å². The van der Waals surface area contributed by atoms with Gasteiger partial charge in [-0.15, -0.1) is 21.5 Å². The van der Waals surface area contributed by atoms with Crippen molar-refractivity contribution in [2.24, 2.45) is 5.73 Å². The summed E-state index contributed by atoms with van der Waals surface area (Å²) in [6.07, 6.45) is -0.441. The molecule has 0 bridgehead atoms. The molecule has 3 N–H and O–H groups in total.